The molecule has 8 heteroatoms. The first-order chi connectivity index (χ1) is 7.11. The fourth-order valence-corrected chi connectivity index (χ4v) is 1.26. The average Bonchev–Trinajstić information content (AvgIpc) is 2.63. The summed E-state index contributed by atoms with van der Waals surface area (Å²) in [4.78, 5) is 19.7. The van der Waals surface area contributed by atoms with Gasteiger partial charge in [-0.2, -0.15) is 0 Å². The maximum Gasteiger partial charge on any atom is 0.315 e. The molecule has 0 bridgehead atoms. The highest BCUT2D eigenvalue weighted by Gasteiger charge is 2.33. The van der Waals surface area contributed by atoms with Gasteiger partial charge in [-0.1, -0.05) is 0 Å². The summed E-state index contributed by atoms with van der Waals surface area (Å²) in [7, 11) is 0. The van der Waals surface area contributed by atoms with Crippen LogP contribution in [0.3, 0.4) is 0 Å². The van der Waals surface area contributed by atoms with Crippen molar-refractivity contribution in [2.24, 2.45) is 0 Å². The molecule has 78 valence electrons. The van der Waals surface area contributed by atoms with Crippen LogP contribution in [-0.4, -0.2) is 16.6 Å². The Morgan fingerprint density at radius 1 is 1.00 bits per heavy atom. The fraction of sp³-hybridized carbons (Fsp3) is 0.143. The molecule has 0 aliphatic carbocycles. The topological polar surface area (TPSA) is 105 Å². The van der Waals surface area contributed by atoms with Gasteiger partial charge in [-0.3, -0.25) is 20.2 Å². The SMILES string of the molecule is O=[N+]([O-])c1ccc([N+](=O)[O-])c2c1OCO2. The van der Waals surface area contributed by atoms with E-state index in [1.54, 1.807) is 0 Å². The van der Waals surface area contributed by atoms with Crippen LogP contribution in [0.5, 0.6) is 11.5 Å². The van der Waals surface area contributed by atoms with Crippen LogP contribution in [0.25, 0.3) is 0 Å². The van der Waals surface area contributed by atoms with Crippen LogP contribution in [0, 0.1) is 20.2 Å². The van der Waals surface area contributed by atoms with E-state index in [-0.39, 0.29) is 29.7 Å². The van der Waals surface area contributed by atoms with Crippen LogP contribution < -0.4 is 9.47 Å². The molecule has 1 aromatic carbocycles. The lowest BCUT2D eigenvalue weighted by atomic mass is 10.2. The summed E-state index contributed by atoms with van der Waals surface area (Å²) in [6.45, 7) is -0.249. The highest BCUT2D eigenvalue weighted by Crippen LogP contribution is 2.46. The number of hydrogen-bond acceptors (Lipinski definition) is 6. The van der Waals surface area contributed by atoms with Crippen LogP contribution in [0.4, 0.5) is 11.4 Å². The number of hydrogen-bond donors (Lipinski definition) is 0. The molecule has 1 heterocycles. The van der Waals surface area contributed by atoms with E-state index in [1.165, 1.54) is 0 Å². The fourth-order valence-electron chi connectivity index (χ4n) is 1.26. The highest BCUT2D eigenvalue weighted by atomic mass is 16.7. The molecule has 0 fully saturated rings. The first-order valence-corrected chi connectivity index (χ1v) is 3.82. The van der Waals surface area contributed by atoms with Gasteiger partial charge in [-0.25, -0.2) is 0 Å². The summed E-state index contributed by atoms with van der Waals surface area (Å²) in [5.41, 5.74) is -0.679. The highest BCUT2D eigenvalue weighted by molar-refractivity contribution is 5.66. The van der Waals surface area contributed by atoms with Crippen molar-refractivity contribution in [3.63, 3.8) is 0 Å². The first-order valence-electron chi connectivity index (χ1n) is 3.82. The van der Waals surface area contributed by atoms with Gasteiger partial charge in [-0.15, -0.1) is 0 Å². The summed E-state index contributed by atoms with van der Waals surface area (Å²) < 4.78 is 9.63. The van der Waals surface area contributed by atoms with Crippen molar-refractivity contribution in [1.29, 1.82) is 0 Å². The molecule has 1 aromatic rings. The Hall–Kier alpha value is -2.38. The third-order valence-corrected chi connectivity index (χ3v) is 1.87. The van der Waals surface area contributed by atoms with E-state index in [0.29, 0.717) is 0 Å². The van der Waals surface area contributed by atoms with Gasteiger partial charge in [0.2, 0.25) is 6.79 Å². The molecule has 0 saturated heterocycles. The largest absolute Gasteiger partial charge is 0.446 e. The predicted molar refractivity (Wildman–Crippen MR) is 45.9 cm³/mol. The predicted octanol–water partition coefficient (Wildman–Crippen LogP) is 1.23. The average molecular weight is 212 g/mol. The van der Waals surface area contributed by atoms with Crippen molar-refractivity contribution in [3.8, 4) is 11.5 Å². The zero-order valence-corrected chi connectivity index (χ0v) is 7.21. The quantitative estimate of drug-likeness (QED) is 0.539. The van der Waals surface area contributed by atoms with Crippen molar-refractivity contribution < 1.29 is 19.3 Å². The van der Waals surface area contributed by atoms with Crippen LogP contribution in [0.15, 0.2) is 12.1 Å². The second-order valence-corrected chi connectivity index (χ2v) is 2.68. The number of nitro benzene ring substituents is 2. The zero-order chi connectivity index (χ0) is 11.0. The number of rotatable bonds is 2. The van der Waals surface area contributed by atoms with Gasteiger partial charge in [0.25, 0.3) is 11.5 Å². The van der Waals surface area contributed by atoms with Gasteiger partial charge < -0.3 is 9.47 Å². The number of nitrogens with zero attached hydrogens (tertiary/aromatic N) is 2. The normalized spacial score (nSPS) is 12.5. The van der Waals surface area contributed by atoms with E-state index in [9.17, 15) is 20.2 Å². The summed E-state index contributed by atoms with van der Waals surface area (Å²) in [5, 5.41) is 21.1. The number of ether oxygens (including phenoxy) is 2. The maximum absolute atomic E-state index is 10.5. The summed E-state index contributed by atoms with van der Waals surface area (Å²) in [5.74, 6) is -0.372. The first kappa shape index (κ1) is 9.19. The zero-order valence-electron chi connectivity index (χ0n) is 7.21. The monoisotopic (exact) mass is 212 g/mol. The van der Waals surface area contributed by atoms with Crippen LogP contribution in [0.2, 0.25) is 0 Å². The van der Waals surface area contributed by atoms with E-state index in [1.807, 2.05) is 0 Å². The molecular formula is C7H4N2O6. The van der Waals surface area contributed by atoms with Gasteiger partial charge in [0, 0.05) is 12.1 Å². The minimum Gasteiger partial charge on any atom is -0.446 e. The van der Waals surface area contributed by atoms with E-state index < -0.39 is 9.85 Å². The summed E-state index contributed by atoms with van der Waals surface area (Å²) in [6, 6.07) is 2.04. The van der Waals surface area contributed by atoms with E-state index in [0.717, 1.165) is 12.1 Å². The molecular weight excluding hydrogens is 208 g/mol. The molecule has 0 spiro atoms. The lowest BCUT2D eigenvalue weighted by Gasteiger charge is -1.98. The molecule has 0 saturated carbocycles. The minimum absolute atomic E-state index is 0.186. The van der Waals surface area contributed by atoms with Gasteiger partial charge in [0.05, 0.1) is 9.85 Å². The molecule has 1 aliphatic rings. The molecule has 15 heavy (non-hydrogen) atoms. The maximum atomic E-state index is 10.5. The molecule has 2 rings (SSSR count). The second-order valence-electron chi connectivity index (χ2n) is 2.68. The minimum atomic E-state index is -0.683. The molecule has 0 unspecified atom stereocenters. The molecule has 1 aliphatic heterocycles. The molecule has 0 atom stereocenters. The molecule has 8 nitrogen and oxygen atoms in total. The van der Waals surface area contributed by atoms with Gasteiger partial charge in [0.15, 0.2) is 0 Å². The Balaban J connectivity index is 2.64. The summed E-state index contributed by atoms with van der Waals surface area (Å²) >= 11 is 0. The third kappa shape index (κ3) is 1.31. The van der Waals surface area contributed by atoms with Crippen LogP contribution >= 0.6 is 0 Å². The Morgan fingerprint density at radius 3 is 1.73 bits per heavy atom. The van der Waals surface area contributed by atoms with Gasteiger partial charge >= 0.3 is 11.4 Å². The molecule has 0 amide bonds. The third-order valence-electron chi connectivity index (χ3n) is 1.87. The number of nitro groups is 2. The van der Waals surface area contributed by atoms with Crippen molar-refractivity contribution in [3.05, 3.63) is 32.4 Å². The molecule has 0 N–H and O–H groups in total. The number of benzene rings is 1. The lowest BCUT2D eigenvalue weighted by Crippen LogP contribution is -1.95. The number of fused-ring (bicyclic) bond motifs is 1. The van der Waals surface area contributed by atoms with E-state index in [2.05, 4.69) is 0 Å². The Morgan fingerprint density at radius 2 is 1.40 bits per heavy atom. The van der Waals surface area contributed by atoms with Gasteiger partial charge in [0.1, 0.15) is 0 Å². The Bertz CT molecular complexity index is 416. The van der Waals surface area contributed by atoms with Crippen LogP contribution in [0.1, 0.15) is 0 Å². The smallest absolute Gasteiger partial charge is 0.315 e. The van der Waals surface area contributed by atoms with E-state index in [4.69, 9.17) is 9.47 Å². The van der Waals surface area contributed by atoms with Crippen molar-refractivity contribution in [2.45, 2.75) is 0 Å². The van der Waals surface area contributed by atoms with Crippen LogP contribution in [-0.2, 0) is 0 Å². The lowest BCUT2D eigenvalue weighted by molar-refractivity contribution is -0.389. The standard InChI is InChI=1S/C7H4N2O6/c10-8(11)4-1-2-5(9(12)13)7-6(4)14-3-15-7/h1-2H,3H2. The van der Waals surface area contributed by atoms with Gasteiger partial charge in [-0.05, 0) is 0 Å². The Labute approximate surface area is 82.3 Å². The second kappa shape index (κ2) is 3.08. The van der Waals surface area contributed by atoms with Crippen molar-refractivity contribution in [1.82, 2.24) is 0 Å². The Kier molecular flexibility index (Phi) is 1.89. The molecule has 0 aromatic heterocycles. The van der Waals surface area contributed by atoms with Crippen molar-refractivity contribution in [2.75, 3.05) is 6.79 Å². The van der Waals surface area contributed by atoms with E-state index >= 15 is 0 Å². The van der Waals surface area contributed by atoms with Crippen molar-refractivity contribution >= 4 is 11.4 Å². The summed E-state index contributed by atoms with van der Waals surface area (Å²) in [6.07, 6.45) is 0. The molecule has 0 radical (unpaired) electrons.